The van der Waals surface area contributed by atoms with Gasteiger partial charge in [0.25, 0.3) is 10.0 Å². The maximum Gasteiger partial charge on any atom is 0.358 e. The lowest BCUT2D eigenvalue weighted by atomic mass is 9.98. The summed E-state index contributed by atoms with van der Waals surface area (Å²) in [6.45, 7) is 2.24. The Labute approximate surface area is 127 Å². The molecule has 2 heterocycles. The van der Waals surface area contributed by atoms with Gasteiger partial charge in [0.15, 0.2) is 9.90 Å². The Morgan fingerprint density at radius 3 is 2.86 bits per heavy atom. The van der Waals surface area contributed by atoms with Crippen LogP contribution in [0.3, 0.4) is 0 Å². The normalized spacial score (nSPS) is 24.5. The molecule has 1 fully saturated rings. The van der Waals surface area contributed by atoms with Crippen molar-refractivity contribution in [2.45, 2.75) is 36.0 Å². The zero-order chi connectivity index (χ0) is 15.7. The smallest absolute Gasteiger partial charge is 0.358 e. The summed E-state index contributed by atoms with van der Waals surface area (Å²) in [4.78, 5) is 15.4. The van der Waals surface area contributed by atoms with E-state index < -0.39 is 21.6 Å². The predicted octanol–water partition coefficient (Wildman–Crippen LogP) is 0.855. The average molecular weight is 334 g/mol. The molecule has 1 atom stereocenters. The van der Waals surface area contributed by atoms with Crippen molar-refractivity contribution in [1.29, 1.82) is 0 Å². The number of carbonyl (C=O) groups excluding carboxylic acids is 1. The molecule has 2 rings (SSSR count). The monoisotopic (exact) mass is 334 g/mol. The number of esters is 1. The van der Waals surface area contributed by atoms with E-state index in [2.05, 4.69) is 9.72 Å². The quantitative estimate of drug-likeness (QED) is 0.823. The SMILES string of the molecule is COC(=O)c1ncsc1S(=O)(=O)N1CCCC(C)(O)CC1. The number of sulfonamides is 1. The van der Waals surface area contributed by atoms with E-state index in [9.17, 15) is 18.3 Å². The molecule has 0 saturated carbocycles. The molecule has 21 heavy (non-hydrogen) atoms. The second kappa shape index (κ2) is 5.99. The van der Waals surface area contributed by atoms with Crippen molar-refractivity contribution < 1.29 is 23.1 Å². The summed E-state index contributed by atoms with van der Waals surface area (Å²) in [6.07, 6.45) is 1.47. The van der Waals surface area contributed by atoms with Crippen molar-refractivity contribution in [3.8, 4) is 0 Å². The second-order valence-electron chi connectivity index (χ2n) is 5.23. The third-order valence-electron chi connectivity index (χ3n) is 3.51. The molecule has 1 aromatic rings. The van der Waals surface area contributed by atoms with Crippen LogP contribution >= 0.6 is 11.3 Å². The number of rotatable bonds is 3. The van der Waals surface area contributed by atoms with Crippen LogP contribution in [-0.2, 0) is 14.8 Å². The van der Waals surface area contributed by atoms with Gasteiger partial charge in [-0.2, -0.15) is 4.31 Å². The van der Waals surface area contributed by atoms with Crippen LogP contribution in [0.15, 0.2) is 9.72 Å². The molecule has 1 saturated heterocycles. The Hall–Kier alpha value is -1.03. The van der Waals surface area contributed by atoms with Crippen molar-refractivity contribution in [3.05, 3.63) is 11.2 Å². The molecular weight excluding hydrogens is 316 g/mol. The Bertz CT molecular complexity index is 623. The number of hydrogen-bond acceptors (Lipinski definition) is 7. The van der Waals surface area contributed by atoms with E-state index in [4.69, 9.17) is 0 Å². The summed E-state index contributed by atoms with van der Waals surface area (Å²) < 4.78 is 31.1. The molecule has 0 bridgehead atoms. The highest BCUT2D eigenvalue weighted by atomic mass is 32.2. The first kappa shape index (κ1) is 16.3. The van der Waals surface area contributed by atoms with Crippen LogP contribution in [0.5, 0.6) is 0 Å². The lowest BCUT2D eigenvalue weighted by molar-refractivity contribution is 0.0464. The summed E-state index contributed by atoms with van der Waals surface area (Å²) in [5.74, 6) is -0.767. The van der Waals surface area contributed by atoms with Gasteiger partial charge in [-0.05, 0) is 26.2 Å². The standard InChI is InChI=1S/C12H18N2O5S2/c1-12(16)4-3-6-14(7-5-12)21(17,18)11-9(10(15)19-2)13-8-20-11/h8,16H,3-7H2,1-2H3. The highest BCUT2D eigenvalue weighted by molar-refractivity contribution is 7.91. The van der Waals surface area contributed by atoms with Crippen LogP contribution < -0.4 is 0 Å². The Morgan fingerprint density at radius 1 is 1.48 bits per heavy atom. The molecule has 7 nitrogen and oxygen atoms in total. The minimum Gasteiger partial charge on any atom is -0.464 e. The van der Waals surface area contributed by atoms with E-state index >= 15 is 0 Å². The van der Waals surface area contributed by atoms with E-state index in [1.165, 1.54) is 16.9 Å². The lowest BCUT2D eigenvalue weighted by Gasteiger charge is -2.21. The first-order chi connectivity index (χ1) is 9.78. The zero-order valence-corrected chi connectivity index (χ0v) is 13.5. The van der Waals surface area contributed by atoms with Gasteiger partial charge in [-0.15, -0.1) is 11.3 Å². The highest BCUT2D eigenvalue weighted by Crippen LogP contribution is 2.29. The van der Waals surface area contributed by atoms with Gasteiger partial charge in [-0.1, -0.05) is 0 Å². The van der Waals surface area contributed by atoms with Gasteiger partial charge in [0.05, 0.1) is 18.2 Å². The van der Waals surface area contributed by atoms with Crippen molar-refractivity contribution >= 4 is 27.3 Å². The lowest BCUT2D eigenvalue weighted by Crippen LogP contribution is -2.34. The largest absolute Gasteiger partial charge is 0.464 e. The van der Waals surface area contributed by atoms with E-state index in [0.717, 1.165) is 11.3 Å². The Kier molecular flexibility index (Phi) is 4.66. The number of carbonyl (C=O) groups is 1. The molecule has 1 unspecified atom stereocenters. The van der Waals surface area contributed by atoms with Crippen LogP contribution in [0, 0.1) is 0 Å². The number of methoxy groups -OCH3 is 1. The molecule has 1 N–H and O–H groups in total. The molecule has 0 aromatic carbocycles. The minimum atomic E-state index is -3.80. The number of ether oxygens (including phenoxy) is 1. The molecule has 0 amide bonds. The predicted molar refractivity (Wildman–Crippen MR) is 76.7 cm³/mol. The number of hydrogen-bond donors (Lipinski definition) is 1. The topological polar surface area (TPSA) is 96.8 Å². The first-order valence-corrected chi connectivity index (χ1v) is 8.84. The van der Waals surface area contributed by atoms with Crippen molar-refractivity contribution in [2.75, 3.05) is 20.2 Å². The summed E-state index contributed by atoms with van der Waals surface area (Å²) in [6, 6.07) is 0. The highest BCUT2D eigenvalue weighted by Gasteiger charge is 2.35. The van der Waals surface area contributed by atoms with E-state index in [-0.39, 0.29) is 16.4 Å². The maximum absolute atomic E-state index is 12.7. The number of aromatic nitrogens is 1. The number of thiazole rings is 1. The van der Waals surface area contributed by atoms with Crippen LogP contribution in [0.4, 0.5) is 0 Å². The van der Waals surface area contributed by atoms with Crippen molar-refractivity contribution in [1.82, 2.24) is 9.29 Å². The van der Waals surface area contributed by atoms with Gasteiger partial charge in [-0.3, -0.25) is 0 Å². The van der Waals surface area contributed by atoms with Crippen LogP contribution in [-0.4, -0.2) is 54.6 Å². The summed E-state index contributed by atoms with van der Waals surface area (Å²) in [5.41, 5.74) is 0.273. The van der Waals surface area contributed by atoms with Crippen LogP contribution in [0.2, 0.25) is 0 Å². The fraction of sp³-hybridized carbons (Fsp3) is 0.667. The minimum absolute atomic E-state index is 0.101. The number of aliphatic hydroxyl groups is 1. The van der Waals surface area contributed by atoms with Crippen molar-refractivity contribution in [2.24, 2.45) is 0 Å². The summed E-state index contributed by atoms with van der Waals surface area (Å²) in [5, 5.41) is 10.0. The van der Waals surface area contributed by atoms with E-state index in [1.807, 2.05) is 0 Å². The molecular formula is C12H18N2O5S2. The van der Waals surface area contributed by atoms with Gasteiger partial charge >= 0.3 is 5.97 Å². The first-order valence-electron chi connectivity index (χ1n) is 6.52. The van der Waals surface area contributed by atoms with Gasteiger partial charge in [0.1, 0.15) is 0 Å². The zero-order valence-electron chi connectivity index (χ0n) is 11.9. The molecule has 1 aliphatic rings. The number of nitrogens with zero attached hydrogens (tertiary/aromatic N) is 2. The molecule has 118 valence electrons. The third kappa shape index (κ3) is 3.42. The summed E-state index contributed by atoms with van der Waals surface area (Å²) in [7, 11) is -2.62. The molecule has 0 aliphatic carbocycles. The maximum atomic E-state index is 12.7. The Balaban J connectivity index is 2.30. The fourth-order valence-corrected chi connectivity index (χ4v) is 5.00. The third-order valence-corrected chi connectivity index (χ3v) is 6.76. The molecule has 0 radical (unpaired) electrons. The van der Waals surface area contributed by atoms with Crippen LogP contribution in [0.1, 0.15) is 36.7 Å². The van der Waals surface area contributed by atoms with Gasteiger partial charge in [0, 0.05) is 13.1 Å². The molecule has 1 aromatic heterocycles. The van der Waals surface area contributed by atoms with E-state index in [0.29, 0.717) is 25.8 Å². The van der Waals surface area contributed by atoms with Gasteiger partial charge < -0.3 is 9.84 Å². The Morgan fingerprint density at radius 2 is 2.19 bits per heavy atom. The van der Waals surface area contributed by atoms with Gasteiger partial charge in [-0.25, -0.2) is 18.2 Å². The fourth-order valence-electron chi connectivity index (χ4n) is 2.25. The molecule has 1 aliphatic heterocycles. The van der Waals surface area contributed by atoms with Crippen LogP contribution in [0.25, 0.3) is 0 Å². The molecule has 9 heteroatoms. The average Bonchev–Trinajstić information content (AvgIpc) is 2.84. The molecule has 0 spiro atoms. The van der Waals surface area contributed by atoms with Gasteiger partial charge in [0.2, 0.25) is 0 Å². The summed E-state index contributed by atoms with van der Waals surface area (Å²) >= 11 is 0.896. The van der Waals surface area contributed by atoms with E-state index in [1.54, 1.807) is 6.92 Å². The second-order valence-corrected chi connectivity index (χ2v) is 8.22. The van der Waals surface area contributed by atoms with Crippen molar-refractivity contribution in [3.63, 3.8) is 0 Å².